The number of hydrogen-bond acceptors (Lipinski definition) is 7. The maximum Gasteiger partial charge on any atom is 0.336 e. The maximum atomic E-state index is 12.5. The zero-order valence-corrected chi connectivity index (χ0v) is 20.0. The molecule has 186 valence electrons. The van der Waals surface area contributed by atoms with Crippen molar-refractivity contribution in [2.75, 3.05) is 39.3 Å². The van der Waals surface area contributed by atoms with Gasteiger partial charge in [-0.05, 0) is 18.9 Å². The van der Waals surface area contributed by atoms with Crippen molar-refractivity contribution in [3.05, 3.63) is 87.9 Å². The van der Waals surface area contributed by atoms with E-state index in [9.17, 15) is 20.0 Å². The summed E-state index contributed by atoms with van der Waals surface area (Å²) in [6.07, 6.45) is 3.22. The van der Waals surface area contributed by atoms with Crippen LogP contribution in [0.5, 0.6) is 0 Å². The second-order valence-corrected chi connectivity index (χ2v) is 9.23. The molecule has 2 fully saturated rings. The van der Waals surface area contributed by atoms with E-state index in [1.807, 2.05) is 54.6 Å². The lowest BCUT2D eigenvalue weighted by Crippen LogP contribution is -2.48. The van der Waals surface area contributed by atoms with Gasteiger partial charge in [-0.3, -0.25) is 15.0 Å². The molecule has 3 heterocycles. The minimum atomic E-state index is -0.968. The zero-order chi connectivity index (χ0) is 25.1. The van der Waals surface area contributed by atoms with E-state index in [2.05, 4.69) is 14.7 Å². The molecule has 0 aliphatic carbocycles. The lowest BCUT2D eigenvalue weighted by Gasteiger charge is -2.39. The monoisotopic (exact) mass is 487 g/mol. The van der Waals surface area contributed by atoms with Crippen LogP contribution < -0.4 is 0 Å². The maximum absolute atomic E-state index is 12.5. The predicted octanol–water partition coefficient (Wildman–Crippen LogP) is 3.89. The van der Waals surface area contributed by atoms with Gasteiger partial charge in [-0.15, -0.1) is 0 Å². The van der Waals surface area contributed by atoms with E-state index in [4.69, 9.17) is 4.98 Å². The number of benzene rings is 2. The fourth-order valence-corrected chi connectivity index (χ4v) is 5.25. The summed E-state index contributed by atoms with van der Waals surface area (Å²) < 4.78 is 0. The van der Waals surface area contributed by atoms with Gasteiger partial charge in [0, 0.05) is 62.3 Å². The summed E-state index contributed by atoms with van der Waals surface area (Å²) in [5, 5.41) is 22.2. The fraction of sp³-hybridized carbons (Fsp3) is 0.333. The van der Waals surface area contributed by atoms with Gasteiger partial charge in [0.05, 0.1) is 21.7 Å². The highest BCUT2D eigenvalue weighted by atomic mass is 16.6. The molecule has 2 aromatic carbocycles. The molecular weight excluding hydrogens is 458 g/mol. The lowest BCUT2D eigenvalue weighted by molar-refractivity contribution is -0.405. The molecule has 36 heavy (non-hydrogen) atoms. The Bertz CT molecular complexity index is 1300. The number of carboxylic acids is 1. The number of aromatic carboxylic acids is 1. The average molecular weight is 488 g/mol. The first kappa shape index (κ1) is 23.7. The van der Waals surface area contributed by atoms with E-state index in [0.29, 0.717) is 60.7 Å². The van der Waals surface area contributed by atoms with Gasteiger partial charge < -0.3 is 14.9 Å². The number of para-hydroxylation sites is 1. The Morgan fingerprint density at radius 1 is 0.944 bits per heavy atom. The SMILES string of the molecule is O=C(O)c1c(CN2CCN(C(=C[N+](=O)[O-])N3CCCC3)CC2)c(-c2ccccc2)nc2ccccc12. The van der Waals surface area contributed by atoms with E-state index in [0.717, 1.165) is 37.7 Å². The fourth-order valence-electron chi connectivity index (χ4n) is 5.25. The van der Waals surface area contributed by atoms with Gasteiger partial charge in [0.2, 0.25) is 0 Å². The van der Waals surface area contributed by atoms with Gasteiger partial charge in [-0.25, -0.2) is 9.78 Å². The molecule has 1 aromatic heterocycles. The number of pyridine rings is 1. The highest BCUT2D eigenvalue weighted by Gasteiger charge is 2.28. The zero-order valence-electron chi connectivity index (χ0n) is 20.0. The minimum Gasteiger partial charge on any atom is -0.478 e. The highest BCUT2D eigenvalue weighted by Crippen LogP contribution is 2.32. The van der Waals surface area contributed by atoms with Crippen LogP contribution in [0.25, 0.3) is 22.2 Å². The van der Waals surface area contributed by atoms with Gasteiger partial charge in [-0.2, -0.15) is 0 Å². The van der Waals surface area contributed by atoms with Crippen LogP contribution in [-0.2, 0) is 6.54 Å². The third-order valence-electron chi connectivity index (χ3n) is 6.98. The van der Waals surface area contributed by atoms with Crippen molar-refractivity contribution in [2.24, 2.45) is 0 Å². The van der Waals surface area contributed by atoms with Crippen LogP contribution in [0.4, 0.5) is 0 Å². The normalized spacial score (nSPS) is 17.1. The first-order valence-corrected chi connectivity index (χ1v) is 12.3. The van der Waals surface area contributed by atoms with Crippen LogP contribution >= 0.6 is 0 Å². The van der Waals surface area contributed by atoms with Gasteiger partial charge >= 0.3 is 5.97 Å². The standard InChI is InChI=1S/C27H29N5O4/c33-27(34)25-21-10-4-5-11-23(21)28-26(20-8-2-1-3-9-20)22(25)18-29-14-16-31(17-15-29)24(19-32(35)36)30-12-6-7-13-30/h1-5,8-11,19H,6-7,12-18H2,(H,33,34). The molecule has 0 spiro atoms. The van der Waals surface area contributed by atoms with Crippen LogP contribution in [0, 0.1) is 10.1 Å². The number of rotatable bonds is 7. The molecule has 3 aromatic rings. The van der Waals surface area contributed by atoms with E-state index in [1.54, 1.807) is 0 Å². The third kappa shape index (κ3) is 4.87. The Hall–Kier alpha value is -3.98. The van der Waals surface area contributed by atoms with Gasteiger partial charge in [0.1, 0.15) is 0 Å². The summed E-state index contributed by atoms with van der Waals surface area (Å²) in [7, 11) is 0. The predicted molar refractivity (Wildman–Crippen MR) is 137 cm³/mol. The number of nitrogens with zero attached hydrogens (tertiary/aromatic N) is 5. The third-order valence-corrected chi connectivity index (χ3v) is 6.98. The molecule has 9 nitrogen and oxygen atoms in total. The van der Waals surface area contributed by atoms with Gasteiger partial charge in [0.25, 0.3) is 6.20 Å². The van der Waals surface area contributed by atoms with Gasteiger partial charge in [0.15, 0.2) is 5.82 Å². The van der Waals surface area contributed by atoms with E-state index in [1.165, 1.54) is 0 Å². The summed E-state index contributed by atoms with van der Waals surface area (Å²) in [5.41, 5.74) is 3.20. The van der Waals surface area contributed by atoms with Crippen molar-refractivity contribution >= 4 is 16.9 Å². The van der Waals surface area contributed by atoms with Crippen LogP contribution in [0.1, 0.15) is 28.8 Å². The molecule has 1 N–H and O–H groups in total. The highest BCUT2D eigenvalue weighted by molar-refractivity contribution is 6.05. The summed E-state index contributed by atoms with van der Waals surface area (Å²) in [4.78, 5) is 34.7. The molecule has 2 aliphatic rings. The van der Waals surface area contributed by atoms with Crippen LogP contribution in [0.2, 0.25) is 0 Å². The van der Waals surface area contributed by atoms with Crippen LogP contribution in [-0.4, -0.2) is 75.0 Å². The van der Waals surface area contributed by atoms with Crippen LogP contribution in [0.3, 0.4) is 0 Å². The molecule has 2 aliphatic heterocycles. The van der Waals surface area contributed by atoms with Crippen molar-refractivity contribution in [1.29, 1.82) is 0 Å². The molecule has 0 amide bonds. The topological polar surface area (TPSA) is 103 Å². The van der Waals surface area contributed by atoms with Gasteiger partial charge in [-0.1, -0.05) is 48.5 Å². The Morgan fingerprint density at radius 2 is 1.58 bits per heavy atom. The molecule has 0 radical (unpaired) electrons. The van der Waals surface area contributed by atoms with Crippen molar-refractivity contribution in [2.45, 2.75) is 19.4 Å². The number of fused-ring (bicyclic) bond motifs is 1. The van der Waals surface area contributed by atoms with E-state index in [-0.39, 0.29) is 10.5 Å². The molecule has 2 saturated heterocycles. The molecular formula is C27H29N5O4. The first-order valence-electron chi connectivity index (χ1n) is 12.3. The molecule has 9 heteroatoms. The second-order valence-electron chi connectivity index (χ2n) is 9.23. The number of nitro groups is 1. The number of likely N-dealkylation sites (tertiary alicyclic amines) is 1. The molecule has 5 rings (SSSR count). The second kappa shape index (κ2) is 10.3. The van der Waals surface area contributed by atoms with Crippen molar-refractivity contribution < 1.29 is 14.8 Å². The molecule has 0 unspecified atom stereocenters. The van der Waals surface area contributed by atoms with E-state index >= 15 is 0 Å². The number of carboxylic acid groups (broad SMARTS) is 1. The van der Waals surface area contributed by atoms with Crippen molar-refractivity contribution in [3.63, 3.8) is 0 Å². The van der Waals surface area contributed by atoms with Crippen molar-refractivity contribution in [3.8, 4) is 11.3 Å². The Balaban J connectivity index is 1.45. The molecule has 0 saturated carbocycles. The first-order chi connectivity index (χ1) is 17.5. The smallest absolute Gasteiger partial charge is 0.336 e. The van der Waals surface area contributed by atoms with Crippen LogP contribution in [0.15, 0.2) is 66.6 Å². The summed E-state index contributed by atoms with van der Waals surface area (Å²) >= 11 is 0. The molecule has 0 bridgehead atoms. The Kier molecular flexibility index (Phi) is 6.81. The Labute approximate surface area is 209 Å². The summed E-state index contributed by atoms with van der Waals surface area (Å²) in [6.45, 7) is 4.73. The number of hydrogen-bond donors (Lipinski definition) is 1. The molecule has 0 atom stereocenters. The Morgan fingerprint density at radius 3 is 2.25 bits per heavy atom. The summed E-state index contributed by atoms with van der Waals surface area (Å²) in [5.74, 6) is -0.287. The van der Waals surface area contributed by atoms with E-state index < -0.39 is 5.97 Å². The minimum absolute atomic E-state index is 0.285. The lowest BCUT2D eigenvalue weighted by atomic mass is 9.96. The average Bonchev–Trinajstić information content (AvgIpc) is 3.42. The van der Waals surface area contributed by atoms with Crippen molar-refractivity contribution in [1.82, 2.24) is 19.7 Å². The largest absolute Gasteiger partial charge is 0.478 e. The summed E-state index contributed by atoms with van der Waals surface area (Å²) in [6, 6.07) is 17.0. The number of aromatic nitrogens is 1. The number of carbonyl (C=O) groups is 1. The number of piperazine rings is 1. The quantitative estimate of drug-likeness (QED) is 0.396.